The molecule has 1 radical (unpaired) electrons. The standard InChI is InChI=1S/C11H15/c1-2-9-7-8-10-5-3-4-6-11(9)10/h7-8H,2-6H2,1H3. The molecule has 0 saturated heterocycles. The zero-order valence-electron chi connectivity index (χ0n) is 7.19. The summed E-state index contributed by atoms with van der Waals surface area (Å²) in [6.45, 7) is 2.25. The number of hydrogen-bond donors (Lipinski definition) is 0. The van der Waals surface area contributed by atoms with Crippen molar-refractivity contribution < 1.29 is 0 Å². The first kappa shape index (κ1) is 7.15. The maximum atomic E-state index is 2.33. The molecule has 59 valence electrons. The Morgan fingerprint density at radius 2 is 2.00 bits per heavy atom. The van der Waals surface area contributed by atoms with Gasteiger partial charge in [-0.3, -0.25) is 0 Å². The van der Waals surface area contributed by atoms with Crippen LogP contribution in [0.15, 0.2) is 23.3 Å². The van der Waals surface area contributed by atoms with Gasteiger partial charge in [-0.1, -0.05) is 24.6 Å². The lowest BCUT2D eigenvalue weighted by Gasteiger charge is -2.17. The van der Waals surface area contributed by atoms with E-state index >= 15 is 0 Å². The molecule has 0 heteroatoms. The lowest BCUT2D eigenvalue weighted by atomic mass is 9.88. The Hall–Kier alpha value is -0.520. The molecule has 11 heavy (non-hydrogen) atoms. The fourth-order valence-electron chi connectivity index (χ4n) is 2.11. The maximum absolute atomic E-state index is 2.33. The number of rotatable bonds is 1. The van der Waals surface area contributed by atoms with Crippen molar-refractivity contribution in [2.24, 2.45) is 0 Å². The van der Waals surface area contributed by atoms with E-state index in [4.69, 9.17) is 0 Å². The Morgan fingerprint density at radius 3 is 2.82 bits per heavy atom. The van der Waals surface area contributed by atoms with Crippen LogP contribution in [0.2, 0.25) is 0 Å². The van der Waals surface area contributed by atoms with E-state index < -0.39 is 0 Å². The summed E-state index contributed by atoms with van der Waals surface area (Å²) in [5.41, 5.74) is 3.31. The molecular formula is C11H15. The Balaban J connectivity index is 2.21. The normalized spacial score (nSPS) is 24.5. The monoisotopic (exact) mass is 147 g/mol. The SMILES string of the molecule is CC[C]1C=CC2=C1CCCC2. The molecule has 0 N–H and O–H groups in total. The van der Waals surface area contributed by atoms with Gasteiger partial charge in [0.05, 0.1) is 0 Å². The molecule has 0 amide bonds. The van der Waals surface area contributed by atoms with E-state index in [0.717, 1.165) is 0 Å². The molecular weight excluding hydrogens is 132 g/mol. The van der Waals surface area contributed by atoms with Crippen LogP contribution >= 0.6 is 0 Å². The van der Waals surface area contributed by atoms with Gasteiger partial charge in [0.15, 0.2) is 0 Å². The minimum absolute atomic E-state index is 1.22. The summed E-state index contributed by atoms with van der Waals surface area (Å²) in [4.78, 5) is 0. The molecule has 0 atom stereocenters. The number of allylic oxidation sites excluding steroid dienone is 4. The molecule has 0 saturated carbocycles. The van der Waals surface area contributed by atoms with E-state index in [1.807, 2.05) is 0 Å². The van der Waals surface area contributed by atoms with Crippen LogP contribution in [0.1, 0.15) is 39.0 Å². The molecule has 2 rings (SSSR count). The van der Waals surface area contributed by atoms with Crippen molar-refractivity contribution in [3.8, 4) is 0 Å². The molecule has 2 aliphatic rings. The molecule has 0 nitrogen and oxygen atoms in total. The highest BCUT2D eigenvalue weighted by Gasteiger charge is 2.21. The zero-order chi connectivity index (χ0) is 7.68. The highest BCUT2D eigenvalue weighted by Crippen LogP contribution is 2.38. The highest BCUT2D eigenvalue weighted by atomic mass is 14.3. The average Bonchev–Trinajstić information content (AvgIpc) is 2.47. The van der Waals surface area contributed by atoms with Crippen molar-refractivity contribution in [1.29, 1.82) is 0 Å². The van der Waals surface area contributed by atoms with E-state index in [0.29, 0.717) is 0 Å². The van der Waals surface area contributed by atoms with Crippen LogP contribution in [0.25, 0.3) is 0 Å². The van der Waals surface area contributed by atoms with Gasteiger partial charge in [0.2, 0.25) is 0 Å². The molecule has 0 aliphatic heterocycles. The summed E-state index contributed by atoms with van der Waals surface area (Å²) >= 11 is 0. The summed E-state index contributed by atoms with van der Waals surface area (Å²) in [5, 5.41) is 0. The van der Waals surface area contributed by atoms with Gasteiger partial charge in [-0.2, -0.15) is 0 Å². The van der Waals surface area contributed by atoms with Crippen molar-refractivity contribution in [3.63, 3.8) is 0 Å². The minimum Gasteiger partial charge on any atom is -0.0728 e. The van der Waals surface area contributed by atoms with E-state index in [2.05, 4.69) is 19.1 Å². The van der Waals surface area contributed by atoms with Crippen LogP contribution in [-0.4, -0.2) is 0 Å². The molecule has 2 aliphatic carbocycles. The average molecular weight is 147 g/mol. The second-order valence-electron chi connectivity index (χ2n) is 3.42. The van der Waals surface area contributed by atoms with Crippen molar-refractivity contribution in [3.05, 3.63) is 29.2 Å². The highest BCUT2D eigenvalue weighted by molar-refractivity contribution is 5.49. The Morgan fingerprint density at radius 1 is 1.18 bits per heavy atom. The third-order valence-electron chi connectivity index (χ3n) is 2.76. The molecule has 0 aromatic rings. The van der Waals surface area contributed by atoms with E-state index in [1.165, 1.54) is 32.1 Å². The Kier molecular flexibility index (Phi) is 1.85. The fraction of sp³-hybridized carbons (Fsp3) is 0.545. The first-order valence-corrected chi connectivity index (χ1v) is 4.68. The molecule has 0 unspecified atom stereocenters. The van der Waals surface area contributed by atoms with Crippen molar-refractivity contribution >= 4 is 0 Å². The van der Waals surface area contributed by atoms with E-state index in [1.54, 1.807) is 17.1 Å². The summed E-state index contributed by atoms with van der Waals surface area (Å²) in [5.74, 6) is 1.60. The van der Waals surface area contributed by atoms with Crippen LogP contribution in [0.3, 0.4) is 0 Å². The van der Waals surface area contributed by atoms with E-state index in [-0.39, 0.29) is 0 Å². The van der Waals surface area contributed by atoms with Gasteiger partial charge in [0.1, 0.15) is 0 Å². The van der Waals surface area contributed by atoms with Gasteiger partial charge in [-0.05, 0) is 37.7 Å². The van der Waals surface area contributed by atoms with Crippen LogP contribution in [0.4, 0.5) is 0 Å². The van der Waals surface area contributed by atoms with Gasteiger partial charge in [-0.15, -0.1) is 0 Å². The van der Waals surface area contributed by atoms with Crippen LogP contribution in [-0.2, 0) is 0 Å². The zero-order valence-corrected chi connectivity index (χ0v) is 7.19. The predicted octanol–water partition coefficient (Wildman–Crippen LogP) is 3.41. The summed E-state index contributed by atoms with van der Waals surface area (Å²) in [6, 6.07) is 0. The smallest absolute Gasteiger partial charge is 0.0226 e. The fourth-order valence-corrected chi connectivity index (χ4v) is 2.11. The lowest BCUT2D eigenvalue weighted by molar-refractivity contribution is 0.680. The topological polar surface area (TPSA) is 0 Å². The van der Waals surface area contributed by atoms with Gasteiger partial charge < -0.3 is 0 Å². The molecule has 0 aromatic carbocycles. The Labute approximate surface area is 69.0 Å². The second-order valence-corrected chi connectivity index (χ2v) is 3.42. The third-order valence-corrected chi connectivity index (χ3v) is 2.76. The summed E-state index contributed by atoms with van der Waals surface area (Å²) in [6.07, 6.45) is 11.3. The number of hydrogen-bond acceptors (Lipinski definition) is 0. The van der Waals surface area contributed by atoms with E-state index in [9.17, 15) is 0 Å². The van der Waals surface area contributed by atoms with Crippen molar-refractivity contribution in [2.75, 3.05) is 0 Å². The predicted molar refractivity (Wildman–Crippen MR) is 48.2 cm³/mol. The van der Waals surface area contributed by atoms with Gasteiger partial charge >= 0.3 is 0 Å². The molecule has 0 spiro atoms. The van der Waals surface area contributed by atoms with Crippen molar-refractivity contribution in [2.45, 2.75) is 39.0 Å². The molecule has 0 heterocycles. The third kappa shape index (κ3) is 1.15. The van der Waals surface area contributed by atoms with Gasteiger partial charge in [-0.25, -0.2) is 0 Å². The first-order chi connectivity index (χ1) is 5.42. The molecule has 0 aromatic heterocycles. The second kappa shape index (κ2) is 2.84. The first-order valence-electron chi connectivity index (χ1n) is 4.68. The van der Waals surface area contributed by atoms with Gasteiger partial charge in [0.25, 0.3) is 0 Å². The largest absolute Gasteiger partial charge is 0.0728 e. The summed E-state index contributed by atoms with van der Waals surface area (Å²) in [7, 11) is 0. The molecule has 0 bridgehead atoms. The lowest BCUT2D eigenvalue weighted by Crippen LogP contribution is -2.00. The summed E-state index contributed by atoms with van der Waals surface area (Å²) < 4.78 is 0. The molecule has 0 fully saturated rings. The minimum atomic E-state index is 1.22. The van der Waals surface area contributed by atoms with Crippen LogP contribution in [0.5, 0.6) is 0 Å². The van der Waals surface area contributed by atoms with Crippen LogP contribution < -0.4 is 0 Å². The van der Waals surface area contributed by atoms with Gasteiger partial charge in [0, 0.05) is 5.92 Å². The van der Waals surface area contributed by atoms with Crippen LogP contribution in [0, 0.1) is 5.92 Å². The quantitative estimate of drug-likeness (QED) is 0.533. The Bertz CT molecular complexity index is 208. The maximum Gasteiger partial charge on any atom is 0.0226 e. The van der Waals surface area contributed by atoms with Crippen molar-refractivity contribution in [1.82, 2.24) is 0 Å².